The molecule has 0 unspecified atom stereocenters. The summed E-state index contributed by atoms with van der Waals surface area (Å²) in [7, 11) is 0. The maximum Gasteiger partial charge on any atom is 1.00 e. The fourth-order valence-corrected chi connectivity index (χ4v) is 5.71. The zero-order valence-electron chi connectivity index (χ0n) is 13.9. The second-order valence-electron chi connectivity index (χ2n) is 7.77. The van der Waals surface area contributed by atoms with Gasteiger partial charge in [0.2, 0.25) is 0 Å². The average molecular weight is 299 g/mol. The van der Waals surface area contributed by atoms with Crippen LogP contribution in [0.3, 0.4) is 0 Å². The normalized spacial score (nSPS) is 27.4. The molecule has 0 N–H and O–H groups in total. The first-order valence-corrected chi connectivity index (χ1v) is 9.45. The Kier molecular flexibility index (Phi) is 8.80. The summed E-state index contributed by atoms with van der Waals surface area (Å²) in [5.74, 6) is 3.37. The summed E-state index contributed by atoms with van der Waals surface area (Å²) in [6.07, 6.45) is 23.3. The van der Waals surface area contributed by atoms with Gasteiger partial charge in [-0.25, -0.2) is 0 Å². The van der Waals surface area contributed by atoms with Crippen LogP contribution in [0.15, 0.2) is 0 Å². The first kappa shape index (κ1) is 18.0. The van der Waals surface area contributed by atoms with Gasteiger partial charge >= 0.3 is 51.4 Å². The van der Waals surface area contributed by atoms with Gasteiger partial charge in [-0.1, -0.05) is 96.3 Å². The number of hydrogen-bond acceptors (Lipinski definition) is 0. The molecule has 0 atom stereocenters. The second-order valence-corrected chi connectivity index (χ2v) is 7.77. The Labute approximate surface area is 170 Å². The van der Waals surface area contributed by atoms with Crippen LogP contribution < -0.4 is 51.4 Å². The fraction of sp³-hybridized carbons (Fsp3) is 1.00. The van der Waals surface area contributed by atoms with E-state index in [1.165, 1.54) is 19.3 Å². The van der Waals surface area contributed by atoms with E-state index in [1.807, 2.05) is 0 Å². The van der Waals surface area contributed by atoms with Crippen LogP contribution in [0.25, 0.3) is 0 Å². The van der Waals surface area contributed by atoms with Gasteiger partial charge < -0.3 is 0 Å². The molecule has 3 aliphatic carbocycles. The van der Waals surface area contributed by atoms with Crippen LogP contribution in [0.5, 0.6) is 0 Å². The van der Waals surface area contributed by atoms with Gasteiger partial charge in [0.1, 0.15) is 0 Å². The van der Waals surface area contributed by atoms with Crippen molar-refractivity contribution in [3.05, 3.63) is 0 Å². The summed E-state index contributed by atoms with van der Waals surface area (Å²) in [5, 5.41) is 0. The molecule has 0 bridgehead atoms. The largest absolute Gasteiger partial charge is 1.00 e. The molecule has 3 saturated carbocycles. The molecule has 0 spiro atoms. The van der Waals surface area contributed by atoms with E-state index in [0.29, 0.717) is 0 Å². The van der Waals surface area contributed by atoms with E-state index in [4.69, 9.17) is 0 Å². The van der Waals surface area contributed by atoms with Crippen molar-refractivity contribution in [1.82, 2.24) is 0 Å². The van der Waals surface area contributed by atoms with Crippen molar-refractivity contribution in [2.45, 2.75) is 114 Å². The van der Waals surface area contributed by atoms with Gasteiger partial charge in [-0.15, -0.1) is 6.71 Å². The maximum absolute atomic E-state index is 1.58. The van der Waals surface area contributed by atoms with Gasteiger partial charge in [0.15, 0.2) is 0 Å². The molecule has 0 saturated heterocycles. The molecule has 0 amide bonds. The minimum atomic E-state index is 0. The van der Waals surface area contributed by atoms with Gasteiger partial charge in [-0.05, 0) is 0 Å². The van der Waals surface area contributed by atoms with E-state index in [1.54, 1.807) is 77.0 Å². The summed E-state index contributed by atoms with van der Waals surface area (Å²) in [6.45, 7) is 1.14. The molecular weight excluding hydrogens is 266 g/mol. The molecule has 20 heavy (non-hydrogen) atoms. The van der Waals surface area contributed by atoms with E-state index in [2.05, 4.69) is 0 Å². The topological polar surface area (TPSA) is 0 Å². The maximum atomic E-state index is 1.58. The van der Waals surface area contributed by atoms with Gasteiger partial charge in [-0.3, -0.25) is 0 Å². The Morgan fingerprint density at radius 2 is 0.650 bits per heavy atom. The van der Waals surface area contributed by atoms with Crippen molar-refractivity contribution in [2.24, 2.45) is 0 Å². The molecule has 0 heterocycles. The van der Waals surface area contributed by atoms with E-state index in [0.717, 1.165) is 24.2 Å². The van der Waals surface area contributed by atoms with E-state index < -0.39 is 0 Å². The number of rotatable bonds is 3. The standard InChI is InChI=1S/C18H33B.K/c1-4-10-16(11-5-1)19(17-12-6-2-7-13-17)18-14-8-3-9-15-18;/h16-18H,1-15H2;/q-1;+1. The zero-order valence-corrected chi connectivity index (χ0v) is 17.0. The molecule has 0 aromatic heterocycles. The third-order valence-electron chi connectivity index (χ3n) is 6.58. The van der Waals surface area contributed by atoms with Crippen molar-refractivity contribution in [3.63, 3.8) is 0 Å². The van der Waals surface area contributed by atoms with Crippen LogP contribution in [-0.2, 0) is 0 Å². The van der Waals surface area contributed by atoms with Crippen LogP contribution in [0.4, 0.5) is 0 Å². The average Bonchev–Trinajstić information content (AvgIpc) is 2.51. The molecule has 3 fully saturated rings. The van der Waals surface area contributed by atoms with Crippen molar-refractivity contribution in [1.29, 1.82) is 0 Å². The van der Waals surface area contributed by atoms with Crippen molar-refractivity contribution in [3.8, 4) is 0 Å². The second kappa shape index (κ2) is 9.75. The Morgan fingerprint density at radius 3 is 0.900 bits per heavy atom. The molecule has 3 aliphatic rings. The molecule has 3 rings (SSSR count). The van der Waals surface area contributed by atoms with Crippen molar-refractivity contribution < 1.29 is 51.4 Å². The van der Waals surface area contributed by atoms with Gasteiger partial charge in [-0.2, -0.15) is 17.5 Å². The third-order valence-corrected chi connectivity index (χ3v) is 6.58. The molecule has 2 heteroatoms. The SMILES string of the molecule is C1CCC([B-](C2CCCCC2)C2CCCCC2)CC1.[K+]. The summed E-state index contributed by atoms with van der Waals surface area (Å²) < 4.78 is 0. The summed E-state index contributed by atoms with van der Waals surface area (Å²) in [6, 6.07) is 0. The molecule has 109 valence electrons. The van der Waals surface area contributed by atoms with Gasteiger partial charge in [0, 0.05) is 0 Å². The smallest absolute Gasteiger partial charge is 0.196 e. The van der Waals surface area contributed by atoms with E-state index in [9.17, 15) is 0 Å². The Hall–Kier alpha value is 1.70. The van der Waals surface area contributed by atoms with Crippen LogP contribution >= 0.6 is 0 Å². The summed E-state index contributed by atoms with van der Waals surface area (Å²) in [4.78, 5) is 0. The predicted molar refractivity (Wildman–Crippen MR) is 86.3 cm³/mol. The summed E-state index contributed by atoms with van der Waals surface area (Å²) >= 11 is 0. The molecule has 0 nitrogen and oxygen atoms in total. The Bertz CT molecular complexity index is 207. The minimum Gasteiger partial charge on any atom is -0.196 e. The molecule has 1 radical (unpaired) electrons. The quantitative estimate of drug-likeness (QED) is 0.700. The Morgan fingerprint density at radius 1 is 0.400 bits per heavy atom. The van der Waals surface area contributed by atoms with Crippen molar-refractivity contribution in [2.75, 3.05) is 0 Å². The summed E-state index contributed by atoms with van der Waals surface area (Å²) in [5.41, 5.74) is 0. The predicted octanol–water partition coefficient (Wildman–Crippen LogP) is 3.49. The van der Waals surface area contributed by atoms with Crippen LogP contribution in [0.2, 0.25) is 17.5 Å². The minimum absolute atomic E-state index is 0. The third kappa shape index (κ3) is 4.85. The van der Waals surface area contributed by atoms with E-state index >= 15 is 0 Å². The first-order valence-electron chi connectivity index (χ1n) is 9.45. The van der Waals surface area contributed by atoms with Crippen LogP contribution in [0, 0.1) is 0 Å². The molecular formula is C18H33BK. The molecule has 0 aliphatic heterocycles. The van der Waals surface area contributed by atoms with Crippen LogP contribution in [0.1, 0.15) is 96.3 Å². The van der Waals surface area contributed by atoms with Crippen molar-refractivity contribution >= 4 is 6.71 Å². The Balaban J connectivity index is 0.00000147. The number of hydrogen-bond donors (Lipinski definition) is 0. The van der Waals surface area contributed by atoms with Crippen LogP contribution in [-0.4, -0.2) is 6.71 Å². The molecule has 0 aromatic carbocycles. The van der Waals surface area contributed by atoms with Gasteiger partial charge in [0.25, 0.3) is 0 Å². The first-order chi connectivity index (χ1) is 9.45. The van der Waals surface area contributed by atoms with Gasteiger partial charge in [0.05, 0.1) is 0 Å². The zero-order chi connectivity index (χ0) is 12.9. The monoisotopic (exact) mass is 299 g/mol. The molecule has 0 aromatic rings. The van der Waals surface area contributed by atoms with E-state index in [-0.39, 0.29) is 51.4 Å². The fourth-order valence-electron chi connectivity index (χ4n) is 5.71.